The molecule has 0 atom stereocenters. The first-order valence-corrected chi connectivity index (χ1v) is 5.35. The van der Waals surface area contributed by atoms with Crippen molar-refractivity contribution >= 4 is 0 Å². The zero-order chi connectivity index (χ0) is 11.3. The number of halogens is 1. The molecule has 0 unspecified atom stereocenters. The molecule has 0 saturated carbocycles. The van der Waals surface area contributed by atoms with Crippen LogP contribution in [0.4, 0.5) is 4.39 Å². The van der Waals surface area contributed by atoms with E-state index in [0.29, 0.717) is 18.7 Å². The van der Waals surface area contributed by atoms with Gasteiger partial charge in [0.15, 0.2) is 0 Å². The summed E-state index contributed by atoms with van der Waals surface area (Å²) in [5, 5.41) is 0. The van der Waals surface area contributed by atoms with Crippen molar-refractivity contribution in [2.45, 2.75) is 20.4 Å². The molecule has 0 bridgehead atoms. The molecule has 0 aliphatic rings. The largest absolute Gasteiger partial charge is 0.329 e. The number of hydrogen-bond acceptors (Lipinski definition) is 2. The summed E-state index contributed by atoms with van der Waals surface area (Å²) in [7, 11) is 0. The van der Waals surface area contributed by atoms with Gasteiger partial charge in [0.25, 0.3) is 0 Å². The fraction of sp³-hybridized carbons (Fsp3) is 0.500. The fourth-order valence-electron chi connectivity index (χ4n) is 1.60. The average molecular weight is 210 g/mol. The highest BCUT2D eigenvalue weighted by atomic mass is 19.1. The summed E-state index contributed by atoms with van der Waals surface area (Å²) in [6.07, 6.45) is 0. The lowest BCUT2D eigenvalue weighted by atomic mass is 10.1. The molecule has 1 rings (SSSR count). The monoisotopic (exact) mass is 210 g/mol. The summed E-state index contributed by atoms with van der Waals surface area (Å²) >= 11 is 0. The average Bonchev–Trinajstić information content (AvgIpc) is 2.24. The molecule has 2 N–H and O–H groups in total. The van der Waals surface area contributed by atoms with Gasteiger partial charge in [-0.15, -0.1) is 0 Å². The van der Waals surface area contributed by atoms with Gasteiger partial charge in [-0.25, -0.2) is 4.39 Å². The van der Waals surface area contributed by atoms with E-state index in [9.17, 15) is 4.39 Å². The number of hydrogen-bond donors (Lipinski definition) is 1. The van der Waals surface area contributed by atoms with Crippen molar-refractivity contribution < 1.29 is 4.39 Å². The molecule has 2 nitrogen and oxygen atoms in total. The molecule has 3 heteroatoms. The second kappa shape index (κ2) is 5.83. The molecule has 0 spiro atoms. The molecule has 15 heavy (non-hydrogen) atoms. The summed E-state index contributed by atoms with van der Waals surface area (Å²) < 4.78 is 13.7. The van der Waals surface area contributed by atoms with Gasteiger partial charge in [-0.05, 0) is 19.0 Å². The van der Waals surface area contributed by atoms with Gasteiger partial charge in [-0.1, -0.05) is 25.1 Å². The third-order valence-electron chi connectivity index (χ3n) is 2.56. The van der Waals surface area contributed by atoms with Gasteiger partial charge in [0.1, 0.15) is 5.82 Å². The number of aryl methyl sites for hydroxylation is 1. The Hall–Kier alpha value is -0.930. The van der Waals surface area contributed by atoms with E-state index in [2.05, 4.69) is 11.8 Å². The maximum atomic E-state index is 13.7. The summed E-state index contributed by atoms with van der Waals surface area (Å²) in [6, 6.07) is 5.52. The second-order valence-corrected chi connectivity index (χ2v) is 3.71. The third kappa shape index (κ3) is 3.29. The Morgan fingerprint density at radius 3 is 2.73 bits per heavy atom. The molecule has 0 saturated heterocycles. The normalized spacial score (nSPS) is 11.0. The van der Waals surface area contributed by atoms with Crippen LogP contribution in [0.3, 0.4) is 0 Å². The predicted octanol–water partition coefficient (Wildman–Crippen LogP) is 1.91. The number of nitrogens with two attached hydrogens (primary N) is 1. The molecular weight excluding hydrogens is 191 g/mol. The summed E-state index contributed by atoms with van der Waals surface area (Å²) in [6.45, 7) is 6.80. The molecule has 1 aromatic carbocycles. The molecule has 0 fully saturated rings. The molecule has 0 heterocycles. The topological polar surface area (TPSA) is 29.3 Å². The SMILES string of the molecule is CCN(CCN)Cc1cccc(C)c1F. The Morgan fingerprint density at radius 1 is 1.40 bits per heavy atom. The van der Waals surface area contributed by atoms with Gasteiger partial charge in [0.2, 0.25) is 0 Å². The van der Waals surface area contributed by atoms with Crippen LogP contribution in [0.1, 0.15) is 18.1 Å². The minimum absolute atomic E-state index is 0.0898. The van der Waals surface area contributed by atoms with Gasteiger partial charge in [-0.3, -0.25) is 4.90 Å². The first kappa shape index (κ1) is 12.1. The quantitative estimate of drug-likeness (QED) is 0.804. The maximum Gasteiger partial charge on any atom is 0.130 e. The van der Waals surface area contributed by atoms with Crippen LogP contribution in [0.15, 0.2) is 18.2 Å². The Kier molecular flexibility index (Phi) is 4.72. The van der Waals surface area contributed by atoms with Crippen LogP contribution in [-0.2, 0) is 6.54 Å². The summed E-state index contributed by atoms with van der Waals surface area (Å²) in [5.41, 5.74) is 6.95. The lowest BCUT2D eigenvalue weighted by Crippen LogP contribution is -2.29. The molecule has 0 aliphatic heterocycles. The molecule has 84 valence electrons. The standard InChI is InChI=1S/C12H19FN2/c1-3-15(8-7-14)9-11-6-4-5-10(2)12(11)13/h4-6H,3,7-9,14H2,1-2H3. The Morgan fingerprint density at radius 2 is 2.13 bits per heavy atom. The van der Waals surface area contributed by atoms with Crippen LogP contribution in [0.5, 0.6) is 0 Å². The van der Waals surface area contributed by atoms with E-state index in [1.165, 1.54) is 0 Å². The highest BCUT2D eigenvalue weighted by molar-refractivity contribution is 5.24. The fourth-order valence-corrected chi connectivity index (χ4v) is 1.60. The van der Waals surface area contributed by atoms with E-state index < -0.39 is 0 Å². The highest BCUT2D eigenvalue weighted by Gasteiger charge is 2.08. The Balaban J connectivity index is 2.74. The van der Waals surface area contributed by atoms with Crippen molar-refractivity contribution in [3.63, 3.8) is 0 Å². The first-order chi connectivity index (χ1) is 7.19. The van der Waals surface area contributed by atoms with E-state index >= 15 is 0 Å². The summed E-state index contributed by atoms with van der Waals surface area (Å²) in [4.78, 5) is 2.14. The molecule has 0 aromatic heterocycles. The third-order valence-corrected chi connectivity index (χ3v) is 2.56. The van der Waals surface area contributed by atoms with Crippen molar-refractivity contribution in [3.8, 4) is 0 Å². The Labute approximate surface area is 90.9 Å². The number of likely N-dealkylation sites (N-methyl/N-ethyl adjacent to an activating group) is 1. The second-order valence-electron chi connectivity index (χ2n) is 3.71. The minimum atomic E-state index is -0.0898. The molecular formula is C12H19FN2. The van der Waals surface area contributed by atoms with E-state index in [1.807, 2.05) is 12.1 Å². The first-order valence-electron chi connectivity index (χ1n) is 5.35. The van der Waals surface area contributed by atoms with Crippen molar-refractivity contribution in [3.05, 3.63) is 35.1 Å². The van der Waals surface area contributed by atoms with Crippen LogP contribution in [0, 0.1) is 12.7 Å². The van der Waals surface area contributed by atoms with Crippen molar-refractivity contribution in [1.82, 2.24) is 4.90 Å². The number of benzene rings is 1. The lowest BCUT2D eigenvalue weighted by Gasteiger charge is -2.20. The predicted molar refractivity (Wildman–Crippen MR) is 61.1 cm³/mol. The van der Waals surface area contributed by atoms with Crippen molar-refractivity contribution in [2.75, 3.05) is 19.6 Å². The van der Waals surface area contributed by atoms with Gasteiger partial charge < -0.3 is 5.73 Å². The van der Waals surface area contributed by atoms with Gasteiger partial charge >= 0.3 is 0 Å². The van der Waals surface area contributed by atoms with E-state index in [4.69, 9.17) is 5.73 Å². The maximum absolute atomic E-state index is 13.7. The molecule has 0 radical (unpaired) electrons. The molecule has 0 amide bonds. The zero-order valence-electron chi connectivity index (χ0n) is 9.46. The van der Waals surface area contributed by atoms with Crippen LogP contribution in [0.25, 0.3) is 0 Å². The minimum Gasteiger partial charge on any atom is -0.329 e. The molecule has 1 aromatic rings. The molecule has 0 aliphatic carbocycles. The number of nitrogens with zero attached hydrogens (tertiary/aromatic N) is 1. The van der Waals surface area contributed by atoms with Crippen LogP contribution in [0.2, 0.25) is 0 Å². The lowest BCUT2D eigenvalue weighted by molar-refractivity contribution is 0.283. The van der Waals surface area contributed by atoms with Gasteiger partial charge in [-0.2, -0.15) is 0 Å². The van der Waals surface area contributed by atoms with Crippen molar-refractivity contribution in [2.24, 2.45) is 5.73 Å². The smallest absolute Gasteiger partial charge is 0.130 e. The van der Waals surface area contributed by atoms with E-state index in [0.717, 1.165) is 18.7 Å². The number of rotatable bonds is 5. The zero-order valence-corrected chi connectivity index (χ0v) is 9.46. The van der Waals surface area contributed by atoms with Crippen LogP contribution >= 0.6 is 0 Å². The van der Waals surface area contributed by atoms with E-state index in [1.54, 1.807) is 13.0 Å². The van der Waals surface area contributed by atoms with Crippen molar-refractivity contribution in [1.29, 1.82) is 0 Å². The van der Waals surface area contributed by atoms with Crippen LogP contribution < -0.4 is 5.73 Å². The summed E-state index contributed by atoms with van der Waals surface area (Å²) in [5.74, 6) is -0.0898. The van der Waals surface area contributed by atoms with Crippen LogP contribution in [-0.4, -0.2) is 24.5 Å². The van der Waals surface area contributed by atoms with Gasteiger partial charge in [0.05, 0.1) is 0 Å². The Bertz CT molecular complexity index is 312. The van der Waals surface area contributed by atoms with E-state index in [-0.39, 0.29) is 5.82 Å². The highest BCUT2D eigenvalue weighted by Crippen LogP contribution is 2.13. The van der Waals surface area contributed by atoms with Gasteiger partial charge in [0, 0.05) is 25.2 Å².